The number of ether oxygens (including phenoxy) is 2. The summed E-state index contributed by atoms with van der Waals surface area (Å²) in [6.07, 6.45) is 0. The highest BCUT2D eigenvalue weighted by atomic mass is 16.5. The number of hydrogen-bond donors (Lipinski definition) is 2. The highest BCUT2D eigenvalue weighted by Crippen LogP contribution is 2.18. The SMILES string of the molecule is COc1ccc(NC(=O)CN2C[C@H](C)N(CC(=O)Nc3ccc(OC)cc3)C[C@@H]2C)cc1. The number of methoxy groups -OCH3 is 2. The Balaban J connectivity index is 1.48. The largest absolute Gasteiger partial charge is 0.497 e. The number of amides is 2. The van der Waals surface area contributed by atoms with E-state index in [0.29, 0.717) is 26.2 Å². The molecule has 1 aliphatic rings. The molecule has 1 fully saturated rings. The van der Waals surface area contributed by atoms with E-state index in [1.165, 1.54) is 0 Å². The smallest absolute Gasteiger partial charge is 0.238 e. The molecule has 0 spiro atoms. The maximum absolute atomic E-state index is 12.5. The first-order chi connectivity index (χ1) is 15.4. The van der Waals surface area contributed by atoms with Gasteiger partial charge >= 0.3 is 0 Å². The Bertz CT molecular complexity index is 826. The maximum Gasteiger partial charge on any atom is 0.238 e. The van der Waals surface area contributed by atoms with Crippen LogP contribution in [0.15, 0.2) is 48.5 Å². The Morgan fingerprint density at radius 2 is 1.09 bits per heavy atom. The molecule has 2 amide bonds. The summed E-state index contributed by atoms with van der Waals surface area (Å²) in [4.78, 5) is 29.4. The van der Waals surface area contributed by atoms with Crippen molar-refractivity contribution in [3.8, 4) is 11.5 Å². The van der Waals surface area contributed by atoms with Gasteiger partial charge in [0.05, 0.1) is 27.3 Å². The Morgan fingerprint density at radius 3 is 1.41 bits per heavy atom. The fourth-order valence-electron chi connectivity index (χ4n) is 3.83. The molecule has 2 aromatic carbocycles. The van der Waals surface area contributed by atoms with E-state index in [1.54, 1.807) is 14.2 Å². The van der Waals surface area contributed by atoms with Crippen LogP contribution in [0.25, 0.3) is 0 Å². The van der Waals surface area contributed by atoms with Gasteiger partial charge in [-0.15, -0.1) is 0 Å². The number of piperazine rings is 1. The molecule has 2 atom stereocenters. The minimum atomic E-state index is -0.0556. The van der Waals surface area contributed by atoms with E-state index in [9.17, 15) is 9.59 Å². The van der Waals surface area contributed by atoms with Gasteiger partial charge < -0.3 is 20.1 Å². The van der Waals surface area contributed by atoms with Crippen LogP contribution in [0.2, 0.25) is 0 Å². The van der Waals surface area contributed by atoms with E-state index in [1.807, 2.05) is 48.5 Å². The van der Waals surface area contributed by atoms with Crippen LogP contribution < -0.4 is 20.1 Å². The van der Waals surface area contributed by atoms with Crippen molar-refractivity contribution in [2.75, 3.05) is 51.0 Å². The normalized spacial score (nSPS) is 19.2. The molecule has 3 rings (SSSR count). The van der Waals surface area contributed by atoms with E-state index in [2.05, 4.69) is 34.3 Å². The number of nitrogens with one attached hydrogen (secondary N) is 2. The molecular weight excluding hydrogens is 408 g/mol. The minimum Gasteiger partial charge on any atom is -0.497 e. The zero-order chi connectivity index (χ0) is 23.1. The van der Waals surface area contributed by atoms with Crippen molar-refractivity contribution >= 4 is 23.2 Å². The first-order valence-corrected chi connectivity index (χ1v) is 10.7. The molecule has 0 aliphatic carbocycles. The summed E-state index contributed by atoms with van der Waals surface area (Å²) in [5.74, 6) is 1.38. The average Bonchev–Trinajstić information content (AvgIpc) is 2.78. The van der Waals surface area contributed by atoms with Crippen molar-refractivity contribution in [3.05, 3.63) is 48.5 Å². The Kier molecular flexibility index (Phi) is 8.08. The van der Waals surface area contributed by atoms with Gasteiger partial charge in [0.1, 0.15) is 11.5 Å². The molecular formula is C24H32N4O4. The number of carbonyl (C=O) groups excluding carboxylic acids is 2. The molecule has 172 valence electrons. The predicted molar refractivity (Wildman–Crippen MR) is 125 cm³/mol. The predicted octanol–water partition coefficient (Wildman–Crippen LogP) is 2.68. The fourth-order valence-corrected chi connectivity index (χ4v) is 3.83. The summed E-state index contributed by atoms with van der Waals surface area (Å²) in [5.41, 5.74) is 1.48. The van der Waals surface area contributed by atoms with Gasteiger partial charge in [0.2, 0.25) is 11.8 Å². The minimum absolute atomic E-state index is 0.0556. The van der Waals surface area contributed by atoms with Gasteiger partial charge in [0.15, 0.2) is 0 Å². The standard InChI is InChI=1S/C24H32N4O4/c1-17-13-28(16-24(30)26-20-7-11-22(32-4)12-8-20)18(2)14-27(17)15-23(29)25-19-5-9-21(31-3)10-6-19/h5-12,17-18H,13-16H2,1-4H3,(H,25,29)(H,26,30)/t17-,18-/m0/s1. The van der Waals surface area contributed by atoms with Crippen LogP contribution in [0.5, 0.6) is 11.5 Å². The summed E-state index contributed by atoms with van der Waals surface area (Å²) in [7, 11) is 3.22. The second-order valence-corrected chi connectivity index (χ2v) is 8.11. The van der Waals surface area contributed by atoms with Crippen molar-refractivity contribution in [2.24, 2.45) is 0 Å². The lowest BCUT2D eigenvalue weighted by Crippen LogP contribution is -2.58. The van der Waals surface area contributed by atoms with Crippen LogP contribution in [0.4, 0.5) is 11.4 Å². The molecule has 8 nitrogen and oxygen atoms in total. The Hall–Kier alpha value is -3.10. The van der Waals surface area contributed by atoms with E-state index in [-0.39, 0.29) is 23.9 Å². The number of hydrogen-bond acceptors (Lipinski definition) is 6. The monoisotopic (exact) mass is 440 g/mol. The number of benzene rings is 2. The van der Waals surface area contributed by atoms with Crippen molar-refractivity contribution in [3.63, 3.8) is 0 Å². The molecule has 0 bridgehead atoms. The van der Waals surface area contributed by atoms with Crippen molar-refractivity contribution in [1.29, 1.82) is 0 Å². The summed E-state index contributed by atoms with van der Waals surface area (Å²) >= 11 is 0. The van der Waals surface area contributed by atoms with Crippen molar-refractivity contribution in [1.82, 2.24) is 9.80 Å². The van der Waals surface area contributed by atoms with E-state index < -0.39 is 0 Å². The third kappa shape index (κ3) is 6.45. The summed E-state index contributed by atoms with van der Waals surface area (Å²) in [6.45, 7) is 6.22. The lowest BCUT2D eigenvalue weighted by atomic mass is 10.1. The van der Waals surface area contributed by atoms with Gasteiger partial charge in [0.25, 0.3) is 0 Å². The quantitative estimate of drug-likeness (QED) is 0.657. The van der Waals surface area contributed by atoms with E-state index >= 15 is 0 Å². The number of carbonyl (C=O) groups is 2. The van der Waals surface area contributed by atoms with Crippen molar-refractivity contribution in [2.45, 2.75) is 25.9 Å². The molecule has 1 heterocycles. The second kappa shape index (κ2) is 11.0. The van der Waals surface area contributed by atoms with Crippen LogP contribution in [-0.2, 0) is 9.59 Å². The maximum atomic E-state index is 12.5. The third-order valence-electron chi connectivity index (χ3n) is 5.69. The van der Waals surface area contributed by atoms with Crippen molar-refractivity contribution < 1.29 is 19.1 Å². The van der Waals surface area contributed by atoms with Crippen LogP contribution in [0.3, 0.4) is 0 Å². The molecule has 0 aromatic heterocycles. The van der Waals surface area contributed by atoms with Gasteiger partial charge in [-0.3, -0.25) is 19.4 Å². The molecule has 1 saturated heterocycles. The summed E-state index contributed by atoms with van der Waals surface area (Å²) in [5, 5.41) is 5.86. The van der Waals surface area contributed by atoms with Gasteiger partial charge in [-0.25, -0.2) is 0 Å². The number of anilines is 2. The van der Waals surface area contributed by atoms with Crippen LogP contribution in [0.1, 0.15) is 13.8 Å². The average molecular weight is 441 g/mol. The van der Waals surface area contributed by atoms with Gasteiger partial charge in [0, 0.05) is 36.5 Å². The van der Waals surface area contributed by atoms with Gasteiger partial charge in [-0.2, -0.15) is 0 Å². The molecule has 8 heteroatoms. The summed E-state index contributed by atoms with van der Waals surface area (Å²) < 4.78 is 10.3. The second-order valence-electron chi connectivity index (χ2n) is 8.11. The number of rotatable bonds is 8. The van der Waals surface area contributed by atoms with Crippen LogP contribution in [-0.4, -0.2) is 74.1 Å². The van der Waals surface area contributed by atoms with E-state index in [4.69, 9.17) is 9.47 Å². The lowest BCUT2D eigenvalue weighted by Gasteiger charge is -2.43. The Morgan fingerprint density at radius 1 is 0.750 bits per heavy atom. The summed E-state index contributed by atoms with van der Waals surface area (Å²) in [6, 6.07) is 14.9. The highest BCUT2D eigenvalue weighted by Gasteiger charge is 2.31. The topological polar surface area (TPSA) is 83.1 Å². The lowest BCUT2D eigenvalue weighted by molar-refractivity contribution is -0.122. The van der Waals surface area contributed by atoms with Crippen LogP contribution >= 0.6 is 0 Å². The molecule has 1 aliphatic heterocycles. The first kappa shape index (κ1) is 23.6. The van der Waals surface area contributed by atoms with Gasteiger partial charge in [-0.1, -0.05) is 0 Å². The zero-order valence-electron chi connectivity index (χ0n) is 19.1. The molecule has 0 radical (unpaired) electrons. The highest BCUT2D eigenvalue weighted by molar-refractivity contribution is 5.93. The van der Waals surface area contributed by atoms with Gasteiger partial charge in [-0.05, 0) is 62.4 Å². The van der Waals surface area contributed by atoms with Crippen LogP contribution in [0, 0.1) is 0 Å². The fraction of sp³-hybridized carbons (Fsp3) is 0.417. The Labute approximate surface area is 189 Å². The third-order valence-corrected chi connectivity index (χ3v) is 5.69. The molecule has 0 unspecified atom stereocenters. The molecule has 0 saturated carbocycles. The molecule has 32 heavy (non-hydrogen) atoms. The number of nitrogens with zero attached hydrogens (tertiary/aromatic N) is 2. The molecule has 2 N–H and O–H groups in total. The van der Waals surface area contributed by atoms with E-state index in [0.717, 1.165) is 22.9 Å². The molecule has 2 aromatic rings. The first-order valence-electron chi connectivity index (χ1n) is 10.7. The zero-order valence-corrected chi connectivity index (χ0v) is 19.1.